The molecule has 2 aromatic rings. The normalized spacial score (nSPS) is 18.0. The van der Waals surface area contributed by atoms with Crippen molar-refractivity contribution < 1.29 is 4.42 Å². The number of nitrogens with zero attached hydrogens (tertiary/aromatic N) is 2. The molecule has 1 N–H and O–H groups in total. The summed E-state index contributed by atoms with van der Waals surface area (Å²) in [7, 11) is 0. The first-order valence-electron chi connectivity index (χ1n) is 5.67. The number of hydrogen-bond acceptors (Lipinski definition) is 4. The number of piperazine rings is 1. The van der Waals surface area contributed by atoms with Gasteiger partial charge in [-0.2, -0.15) is 0 Å². The van der Waals surface area contributed by atoms with Crippen LogP contribution in [0.3, 0.4) is 0 Å². The van der Waals surface area contributed by atoms with E-state index >= 15 is 0 Å². The van der Waals surface area contributed by atoms with Crippen LogP contribution >= 0.6 is 0 Å². The first-order chi connectivity index (χ1) is 7.93. The summed E-state index contributed by atoms with van der Waals surface area (Å²) in [5.74, 6) is 0. The van der Waals surface area contributed by atoms with E-state index in [2.05, 4.69) is 21.3 Å². The molecule has 0 radical (unpaired) electrons. The third-order valence-corrected chi connectivity index (χ3v) is 3.05. The number of fused-ring (bicyclic) bond motifs is 1. The van der Waals surface area contributed by atoms with Crippen molar-refractivity contribution in [2.75, 3.05) is 26.2 Å². The first-order valence-corrected chi connectivity index (χ1v) is 5.67. The van der Waals surface area contributed by atoms with E-state index in [0.29, 0.717) is 0 Å². The summed E-state index contributed by atoms with van der Waals surface area (Å²) in [6.45, 7) is 5.33. The van der Waals surface area contributed by atoms with Crippen LogP contribution in [-0.2, 0) is 6.54 Å². The minimum absolute atomic E-state index is 0.882. The predicted molar refractivity (Wildman–Crippen MR) is 62.2 cm³/mol. The van der Waals surface area contributed by atoms with Gasteiger partial charge in [0.25, 0.3) is 0 Å². The molecule has 4 heteroatoms. The van der Waals surface area contributed by atoms with Crippen LogP contribution in [0.2, 0.25) is 0 Å². The molecule has 0 saturated carbocycles. The fourth-order valence-corrected chi connectivity index (χ4v) is 2.18. The Bertz CT molecular complexity index is 474. The average Bonchev–Trinajstić information content (AvgIpc) is 2.80. The van der Waals surface area contributed by atoms with Gasteiger partial charge in [0, 0.05) is 32.7 Å². The van der Waals surface area contributed by atoms with Gasteiger partial charge in [0.15, 0.2) is 12.0 Å². The number of benzene rings is 1. The molecule has 1 aliphatic heterocycles. The lowest BCUT2D eigenvalue weighted by molar-refractivity contribution is 0.234. The number of oxazole rings is 1. The Kier molecular flexibility index (Phi) is 2.60. The summed E-state index contributed by atoms with van der Waals surface area (Å²) in [6.07, 6.45) is 1.52. The molecule has 0 atom stereocenters. The van der Waals surface area contributed by atoms with Crippen molar-refractivity contribution >= 4 is 11.1 Å². The van der Waals surface area contributed by atoms with Crippen LogP contribution in [-0.4, -0.2) is 36.1 Å². The van der Waals surface area contributed by atoms with Crippen LogP contribution in [0.1, 0.15) is 5.56 Å². The summed E-state index contributed by atoms with van der Waals surface area (Å²) < 4.78 is 5.31. The minimum atomic E-state index is 0.882. The van der Waals surface area contributed by atoms with E-state index in [9.17, 15) is 0 Å². The second kappa shape index (κ2) is 4.23. The van der Waals surface area contributed by atoms with Crippen molar-refractivity contribution in [1.82, 2.24) is 15.2 Å². The van der Waals surface area contributed by atoms with Crippen LogP contribution < -0.4 is 5.32 Å². The highest BCUT2D eigenvalue weighted by Gasteiger charge is 2.12. The van der Waals surface area contributed by atoms with Gasteiger partial charge in [-0.1, -0.05) is 12.1 Å². The number of para-hydroxylation sites is 1. The second-order valence-corrected chi connectivity index (χ2v) is 4.14. The number of rotatable bonds is 2. The molecule has 1 aromatic heterocycles. The van der Waals surface area contributed by atoms with E-state index in [1.54, 1.807) is 0 Å². The van der Waals surface area contributed by atoms with Crippen LogP contribution in [0, 0.1) is 0 Å². The van der Waals surface area contributed by atoms with E-state index in [0.717, 1.165) is 43.8 Å². The molecule has 1 saturated heterocycles. The largest absolute Gasteiger partial charge is 0.443 e. The van der Waals surface area contributed by atoms with Crippen molar-refractivity contribution in [2.24, 2.45) is 0 Å². The molecule has 0 spiro atoms. The van der Waals surface area contributed by atoms with Gasteiger partial charge in [0.1, 0.15) is 5.52 Å². The van der Waals surface area contributed by atoms with Gasteiger partial charge in [0.2, 0.25) is 0 Å². The Morgan fingerprint density at radius 3 is 3.06 bits per heavy atom. The van der Waals surface area contributed by atoms with Crippen molar-refractivity contribution in [3.63, 3.8) is 0 Å². The van der Waals surface area contributed by atoms with Crippen LogP contribution in [0.4, 0.5) is 0 Å². The van der Waals surface area contributed by atoms with Gasteiger partial charge in [-0.25, -0.2) is 4.98 Å². The quantitative estimate of drug-likeness (QED) is 0.821. The zero-order valence-corrected chi connectivity index (χ0v) is 9.15. The Morgan fingerprint density at radius 2 is 2.19 bits per heavy atom. The highest BCUT2D eigenvalue weighted by atomic mass is 16.3. The molecule has 2 heterocycles. The highest BCUT2D eigenvalue weighted by molar-refractivity contribution is 5.75. The van der Waals surface area contributed by atoms with Gasteiger partial charge in [0.05, 0.1) is 0 Å². The lowest BCUT2D eigenvalue weighted by Crippen LogP contribution is -2.42. The van der Waals surface area contributed by atoms with Crippen LogP contribution in [0.5, 0.6) is 0 Å². The van der Waals surface area contributed by atoms with Gasteiger partial charge >= 0.3 is 0 Å². The SMILES string of the molecule is c1cc(CN2CCNCC2)c2ncoc2c1. The lowest BCUT2D eigenvalue weighted by Gasteiger charge is -2.27. The Hall–Kier alpha value is -1.39. The molecule has 1 aromatic carbocycles. The van der Waals surface area contributed by atoms with E-state index in [1.807, 2.05) is 12.1 Å². The topological polar surface area (TPSA) is 41.3 Å². The molecule has 16 heavy (non-hydrogen) atoms. The van der Waals surface area contributed by atoms with Crippen molar-refractivity contribution in [2.45, 2.75) is 6.54 Å². The van der Waals surface area contributed by atoms with E-state index in [4.69, 9.17) is 4.42 Å². The monoisotopic (exact) mass is 217 g/mol. The standard InChI is InChI=1S/C12H15N3O/c1-2-10(8-15-6-4-13-5-7-15)12-11(3-1)16-9-14-12/h1-3,9,13H,4-8H2. The van der Waals surface area contributed by atoms with Gasteiger partial charge in [-0.3, -0.25) is 4.90 Å². The zero-order chi connectivity index (χ0) is 10.8. The summed E-state index contributed by atoms with van der Waals surface area (Å²) >= 11 is 0. The predicted octanol–water partition coefficient (Wildman–Crippen LogP) is 1.23. The molecule has 0 bridgehead atoms. The molecular formula is C12H15N3O. The lowest BCUT2D eigenvalue weighted by atomic mass is 10.1. The number of nitrogens with one attached hydrogen (secondary N) is 1. The summed E-state index contributed by atoms with van der Waals surface area (Å²) in [6, 6.07) is 6.13. The van der Waals surface area contributed by atoms with Crippen LogP contribution in [0.25, 0.3) is 11.1 Å². The zero-order valence-electron chi connectivity index (χ0n) is 9.15. The summed E-state index contributed by atoms with van der Waals surface area (Å²) in [5, 5.41) is 3.36. The molecule has 4 nitrogen and oxygen atoms in total. The van der Waals surface area contributed by atoms with Crippen molar-refractivity contribution in [1.29, 1.82) is 0 Å². The van der Waals surface area contributed by atoms with Gasteiger partial charge in [-0.15, -0.1) is 0 Å². The van der Waals surface area contributed by atoms with Gasteiger partial charge < -0.3 is 9.73 Å². The minimum Gasteiger partial charge on any atom is -0.443 e. The van der Waals surface area contributed by atoms with E-state index in [-0.39, 0.29) is 0 Å². The average molecular weight is 217 g/mol. The van der Waals surface area contributed by atoms with Crippen LogP contribution in [0.15, 0.2) is 29.0 Å². The molecule has 84 valence electrons. The Morgan fingerprint density at radius 1 is 1.31 bits per heavy atom. The number of aromatic nitrogens is 1. The molecule has 0 amide bonds. The Balaban J connectivity index is 1.85. The second-order valence-electron chi connectivity index (χ2n) is 4.14. The smallest absolute Gasteiger partial charge is 0.181 e. The maximum absolute atomic E-state index is 5.31. The third-order valence-electron chi connectivity index (χ3n) is 3.05. The molecule has 3 rings (SSSR count). The maximum Gasteiger partial charge on any atom is 0.181 e. The molecule has 0 aliphatic carbocycles. The molecule has 1 aliphatic rings. The number of hydrogen-bond donors (Lipinski definition) is 1. The first kappa shape index (κ1) is 9.81. The Labute approximate surface area is 94.3 Å². The van der Waals surface area contributed by atoms with Crippen molar-refractivity contribution in [3.8, 4) is 0 Å². The molecular weight excluding hydrogens is 202 g/mol. The summed E-state index contributed by atoms with van der Waals surface area (Å²) in [5.41, 5.74) is 3.14. The highest BCUT2D eigenvalue weighted by Crippen LogP contribution is 2.18. The molecule has 1 fully saturated rings. The maximum atomic E-state index is 5.31. The van der Waals surface area contributed by atoms with Gasteiger partial charge in [-0.05, 0) is 11.6 Å². The fourth-order valence-electron chi connectivity index (χ4n) is 2.18. The molecule has 0 unspecified atom stereocenters. The fraction of sp³-hybridized carbons (Fsp3) is 0.417. The summed E-state index contributed by atoms with van der Waals surface area (Å²) in [4.78, 5) is 6.72. The van der Waals surface area contributed by atoms with E-state index < -0.39 is 0 Å². The van der Waals surface area contributed by atoms with Crippen molar-refractivity contribution in [3.05, 3.63) is 30.2 Å². The van der Waals surface area contributed by atoms with E-state index in [1.165, 1.54) is 12.0 Å². The third kappa shape index (κ3) is 1.81.